The van der Waals surface area contributed by atoms with E-state index in [9.17, 15) is 4.79 Å². The fourth-order valence-electron chi connectivity index (χ4n) is 3.28. The molecule has 1 unspecified atom stereocenters. The van der Waals surface area contributed by atoms with Crippen LogP contribution < -0.4 is 0 Å². The third-order valence-corrected chi connectivity index (χ3v) is 4.83. The molecule has 4 rings (SSSR count). The lowest BCUT2D eigenvalue weighted by atomic mass is 10.1. The molecule has 1 atom stereocenters. The molecule has 1 aliphatic rings. The highest BCUT2D eigenvalue weighted by Crippen LogP contribution is 2.28. The molecule has 5 heteroatoms. The zero-order valence-corrected chi connectivity index (χ0v) is 14.8. The normalized spacial score (nSPS) is 17.0. The van der Waals surface area contributed by atoms with Gasteiger partial charge in [-0.3, -0.25) is 4.79 Å². The maximum atomic E-state index is 12.3. The molecule has 132 valence electrons. The van der Waals surface area contributed by atoms with Crippen LogP contribution in [0.25, 0.3) is 11.5 Å². The Hall–Kier alpha value is -2.95. The van der Waals surface area contributed by atoms with Crippen LogP contribution in [0, 0.1) is 6.92 Å². The Bertz CT molecular complexity index is 887. The van der Waals surface area contributed by atoms with Gasteiger partial charge >= 0.3 is 0 Å². The number of aryl methyl sites for hydroxylation is 1. The lowest BCUT2D eigenvalue weighted by Crippen LogP contribution is -2.27. The van der Waals surface area contributed by atoms with Crippen molar-refractivity contribution in [2.24, 2.45) is 0 Å². The largest absolute Gasteiger partial charge is 0.342 e. The van der Waals surface area contributed by atoms with Crippen molar-refractivity contribution >= 4 is 5.91 Å². The van der Waals surface area contributed by atoms with Crippen LogP contribution in [0.4, 0.5) is 0 Å². The molecule has 2 aromatic carbocycles. The lowest BCUT2D eigenvalue weighted by Gasteiger charge is -2.15. The molecule has 5 nitrogen and oxygen atoms in total. The van der Waals surface area contributed by atoms with Gasteiger partial charge in [0.1, 0.15) is 0 Å². The number of hydrogen-bond donors (Lipinski definition) is 0. The summed E-state index contributed by atoms with van der Waals surface area (Å²) in [6.45, 7) is 3.41. The average molecular weight is 347 g/mol. The van der Waals surface area contributed by atoms with E-state index in [1.807, 2.05) is 54.3 Å². The van der Waals surface area contributed by atoms with Crippen LogP contribution in [-0.4, -0.2) is 34.0 Å². The zero-order chi connectivity index (χ0) is 17.9. The van der Waals surface area contributed by atoms with Crippen LogP contribution >= 0.6 is 0 Å². The number of carbonyl (C=O) groups excluding carboxylic acids is 1. The molecule has 1 saturated heterocycles. The van der Waals surface area contributed by atoms with E-state index in [-0.39, 0.29) is 11.8 Å². The number of likely N-dealkylation sites (tertiary alicyclic amines) is 1. The second-order valence-electron chi connectivity index (χ2n) is 6.80. The van der Waals surface area contributed by atoms with Crippen molar-refractivity contribution in [2.75, 3.05) is 13.1 Å². The Balaban J connectivity index is 1.41. The molecule has 0 spiro atoms. The SMILES string of the molecule is Cc1ccc(-c2nc(C3CC(=O)N(CCc4ccccc4)C3)no2)cc1. The molecule has 0 saturated carbocycles. The third kappa shape index (κ3) is 3.52. The molecule has 3 aromatic rings. The van der Waals surface area contributed by atoms with Crippen molar-refractivity contribution in [3.8, 4) is 11.5 Å². The second-order valence-corrected chi connectivity index (χ2v) is 6.80. The first-order valence-corrected chi connectivity index (χ1v) is 8.91. The maximum absolute atomic E-state index is 12.3. The second kappa shape index (κ2) is 7.12. The highest BCUT2D eigenvalue weighted by Gasteiger charge is 2.33. The molecule has 0 bridgehead atoms. The summed E-state index contributed by atoms with van der Waals surface area (Å²) in [5, 5.41) is 4.12. The van der Waals surface area contributed by atoms with Gasteiger partial charge < -0.3 is 9.42 Å². The predicted molar refractivity (Wildman–Crippen MR) is 98.6 cm³/mol. The Morgan fingerprint density at radius 3 is 2.65 bits per heavy atom. The fraction of sp³-hybridized carbons (Fsp3) is 0.286. The first-order chi connectivity index (χ1) is 12.7. The minimum Gasteiger partial charge on any atom is -0.342 e. The Labute approximate surface area is 152 Å². The van der Waals surface area contributed by atoms with E-state index in [1.54, 1.807) is 0 Å². The standard InChI is InChI=1S/C21H21N3O2/c1-15-7-9-17(10-8-15)21-22-20(23-26-21)18-13-19(25)24(14-18)12-11-16-5-3-2-4-6-16/h2-10,18H,11-14H2,1H3. The number of carbonyl (C=O) groups is 1. The number of benzene rings is 2. The van der Waals surface area contributed by atoms with Gasteiger partial charge in [-0.05, 0) is 31.0 Å². The van der Waals surface area contributed by atoms with Gasteiger partial charge in [-0.2, -0.15) is 4.98 Å². The molecule has 26 heavy (non-hydrogen) atoms. The molecule has 2 heterocycles. The van der Waals surface area contributed by atoms with Crippen molar-refractivity contribution in [1.29, 1.82) is 0 Å². The smallest absolute Gasteiger partial charge is 0.257 e. The summed E-state index contributed by atoms with van der Waals surface area (Å²) in [4.78, 5) is 18.8. The number of hydrogen-bond acceptors (Lipinski definition) is 4. The summed E-state index contributed by atoms with van der Waals surface area (Å²) >= 11 is 0. The van der Waals surface area contributed by atoms with Crippen LogP contribution in [-0.2, 0) is 11.2 Å². The molecule has 1 fully saturated rings. The highest BCUT2D eigenvalue weighted by molar-refractivity contribution is 5.79. The first-order valence-electron chi connectivity index (χ1n) is 8.91. The van der Waals surface area contributed by atoms with Gasteiger partial charge in [0.2, 0.25) is 5.91 Å². The minimum absolute atomic E-state index is 0.00113. The molecular weight excluding hydrogens is 326 g/mol. The van der Waals surface area contributed by atoms with Crippen molar-refractivity contribution in [2.45, 2.75) is 25.7 Å². The van der Waals surface area contributed by atoms with Crippen molar-refractivity contribution < 1.29 is 9.32 Å². The number of amides is 1. The first kappa shape index (κ1) is 16.5. The van der Waals surface area contributed by atoms with Gasteiger partial charge in [0.15, 0.2) is 5.82 Å². The summed E-state index contributed by atoms with van der Waals surface area (Å²) in [5.74, 6) is 1.29. The maximum Gasteiger partial charge on any atom is 0.257 e. The summed E-state index contributed by atoms with van der Waals surface area (Å²) in [7, 11) is 0. The molecule has 0 aliphatic carbocycles. The summed E-state index contributed by atoms with van der Waals surface area (Å²) in [6, 6.07) is 18.2. The van der Waals surface area contributed by atoms with E-state index in [0.29, 0.717) is 24.7 Å². The Kier molecular flexibility index (Phi) is 4.52. The van der Waals surface area contributed by atoms with Gasteiger partial charge in [-0.25, -0.2) is 0 Å². The van der Waals surface area contributed by atoms with Gasteiger partial charge in [-0.15, -0.1) is 0 Å². The van der Waals surface area contributed by atoms with Gasteiger partial charge in [0.05, 0.1) is 0 Å². The predicted octanol–water partition coefficient (Wildman–Crippen LogP) is 3.60. The minimum atomic E-state index is 0.00113. The van der Waals surface area contributed by atoms with Gasteiger partial charge in [0.25, 0.3) is 5.89 Å². The lowest BCUT2D eigenvalue weighted by molar-refractivity contribution is -0.127. The van der Waals surface area contributed by atoms with Crippen molar-refractivity contribution in [3.63, 3.8) is 0 Å². The molecule has 1 amide bonds. The van der Waals surface area contributed by atoms with Gasteiger partial charge in [0, 0.05) is 31.0 Å². The number of aromatic nitrogens is 2. The van der Waals surface area contributed by atoms with E-state index < -0.39 is 0 Å². The average Bonchev–Trinajstić information content (AvgIpc) is 3.28. The molecule has 1 aromatic heterocycles. The highest BCUT2D eigenvalue weighted by atomic mass is 16.5. The molecule has 1 aliphatic heterocycles. The number of nitrogens with zero attached hydrogens (tertiary/aromatic N) is 3. The Morgan fingerprint density at radius 2 is 1.88 bits per heavy atom. The van der Waals surface area contributed by atoms with Crippen LogP contribution in [0.3, 0.4) is 0 Å². The van der Waals surface area contributed by atoms with Crippen LogP contribution in [0.2, 0.25) is 0 Å². The van der Waals surface area contributed by atoms with E-state index in [2.05, 4.69) is 22.3 Å². The molecule has 0 N–H and O–H groups in total. The van der Waals surface area contributed by atoms with E-state index in [4.69, 9.17) is 4.52 Å². The van der Waals surface area contributed by atoms with E-state index >= 15 is 0 Å². The van der Waals surface area contributed by atoms with E-state index in [1.165, 1.54) is 11.1 Å². The van der Waals surface area contributed by atoms with Crippen LogP contribution in [0.15, 0.2) is 59.1 Å². The fourth-order valence-corrected chi connectivity index (χ4v) is 3.28. The molecular formula is C21H21N3O2. The topological polar surface area (TPSA) is 59.2 Å². The summed E-state index contributed by atoms with van der Waals surface area (Å²) in [6.07, 6.45) is 1.31. The Morgan fingerprint density at radius 1 is 1.12 bits per heavy atom. The van der Waals surface area contributed by atoms with Crippen LogP contribution in [0.5, 0.6) is 0 Å². The number of rotatable bonds is 5. The van der Waals surface area contributed by atoms with Crippen molar-refractivity contribution in [1.82, 2.24) is 15.0 Å². The van der Waals surface area contributed by atoms with Crippen molar-refractivity contribution in [3.05, 3.63) is 71.5 Å². The van der Waals surface area contributed by atoms with E-state index in [0.717, 1.165) is 18.5 Å². The zero-order valence-electron chi connectivity index (χ0n) is 14.8. The quantitative estimate of drug-likeness (QED) is 0.707. The summed E-state index contributed by atoms with van der Waals surface area (Å²) in [5.41, 5.74) is 3.33. The monoisotopic (exact) mass is 347 g/mol. The molecule has 0 radical (unpaired) electrons. The van der Waals surface area contributed by atoms with Gasteiger partial charge in [-0.1, -0.05) is 53.2 Å². The summed E-state index contributed by atoms with van der Waals surface area (Å²) < 4.78 is 5.41. The van der Waals surface area contributed by atoms with Crippen LogP contribution in [0.1, 0.15) is 29.3 Å². The third-order valence-electron chi connectivity index (χ3n) is 4.83.